The van der Waals surface area contributed by atoms with E-state index in [-0.39, 0.29) is 0 Å². The molecule has 0 atom stereocenters. The monoisotopic (exact) mass is 346 g/mol. The number of sulfonamides is 1. The van der Waals surface area contributed by atoms with Crippen LogP contribution in [-0.4, -0.2) is 13.4 Å². The summed E-state index contributed by atoms with van der Waals surface area (Å²) in [5, 5.41) is 4.96. The van der Waals surface area contributed by atoms with E-state index in [0.29, 0.717) is 22.4 Å². The lowest BCUT2D eigenvalue weighted by Crippen LogP contribution is -2.14. The molecular weight excluding hydrogens is 334 g/mol. The minimum atomic E-state index is -4.15. The molecule has 0 aliphatic carbocycles. The van der Waals surface area contributed by atoms with Crippen LogP contribution < -0.4 is 5.14 Å². The van der Waals surface area contributed by atoms with Gasteiger partial charge in [-0.1, -0.05) is 24.3 Å². The van der Waals surface area contributed by atoms with Gasteiger partial charge in [0.15, 0.2) is 0 Å². The van der Waals surface area contributed by atoms with Crippen molar-refractivity contribution in [3.05, 3.63) is 72.4 Å². The summed E-state index contributed by atoms with van der Waals surface area (Å²) in [6, 6.07) is 12.9. The van der Waals surface area contributed by atoms with E-state index < -0.39 is 26.6 Å². The summed E-state index contributed by atoms with van der Waals surface area (Å²) < 4.78 is 50.2. The Morgan fingerprint density at radius 1 is 0.917 bits per heavy atom. The first kappa shape index (κ1) is 16.2. The van der Waals surface area contributed by atoms with Crippen molar-refractivity contribution < 1.29 is 17.2 Å². The maximum Gasteiger partial charge on any atom is 0.240 e. The minimum Gasteiger partial charge on any atom is -0.256 e. The second-order valence-electron chi connectivity index (χ2n) is 5.10. The van der Waals surface area contributed by atoms with E-state index in [4.69, 9.17) is 5.14 Å². The lowest BCUT2D eigenvalue weighted by atomic mass is 9.99. The van der Waals surface area contributed by atoms with Crippen molar-refractivity contribution in [2.45, 2.75) is 4.90 Å². The van der Waals surface area contributed by atoms with Gasteiger partial charge in [-0.25, -0.2) is 22.3 Å². The van der Waals surface area contributed by atoms with Crippen LogP contribution in [0.15, 0.2) is 65.7 Å². The predicted octanol–water partition coefficient (Wildman–Crippen LogP) is 3.34. The Balaban J connectivity index is 2.16. The summed E-state index contributed by atoms with van der Waals surface area (Å²) in [5.74, 6) is -1.37. The zero-order chi connectivity index (χ0) is 17.3. The number of primary sulfonamides is 1. The van der Waals surface area contributed by atoms with Gasteiger partial charge in [-0.2, -0.15) is 0 Å². The summed E-state index contributed by atoms with van der Waals surface area (Å²) in [7, 11) is -4.15. The molecule has 4 nitrogen and oxygen atoms in total. The van der Waals surface area contributed by atoms with E-state index >= 15 is 0 Å². The number of hydrogen-bond acceptors (Lipinski definition) is 3. The van der Waals surface area contributed by atoms with Crippen molar-refractivity contribution in [1.82, 2.24) is 4.98 Å². The average molecular weight is 346 g/mol. The SMILES string of the molecule is NS(=O)(=O)c1ccc(-c2ncccc2-c2cccc(F)c2)cc1F. The maximum absolute atomic E-state index is 14.1. The van der Waals surface area contributed by atoms with Crippen LogP contribution in [0.4, 0.5) is 8.78 Å². The normalized spacial score (nSPS) is 11.5. The standard InChI is InChI=1S/C17H12F2N2O2S/c18-13-4-1-3-11(9-13)14-5-2-8-21-17(14)12-6-7-16(15(19)10-12)24(20,22)23/h1-10H,(H2,20,22,23). The van der Waals surface area contributed by atoms with Crippen LogP contribution >= 0.6 is 0 Å². The highest BCUT2D eigenvalue weighted by molar-refractivity contribution is 7.89. The molecule has 0 fully saturated rings. The summed E-state index contributed by atoms with van der Waals surface area (Å²) in [6.07, 6.45) is 1.52. The number of aromatic nitrogens is 1. The first-order valence-corrected chi connectivity index (χ1v) is 8.44. The Morgan fingerprint density at radius 2 is 1.71 bits per heavy atom. The molecule has 3 aromatic rings. The van der Waals surface area contributed by atoms with Crippen LogP contribution in [0.2, 0.25) is 0 Å². The van der Waals surface area contributed by atoms with Gasteiger partial charge in [0.05, 0.1) is 5.69 Å². The summed E-state index contributed by atoms with van der Waals surface area (Å²) in [4.78, 5) is 3.63. The van der Waals surface area contributed by atoms with E-state index in [1.807, 2.05) is 0 Å². The van der Waals surface area contributed by atoms with Gasteiger partial charge in [0.1, 0.15) is 16.5 Å². The summed E-state index contributed by atoms with van der Waals surface area (Å²) in [5.41, 5.74) is 1.94. The Bertz CT molecular complexity index is 1020. The molecule has 0 saturated heterocycles. The molecule has 24 heavy (non-hydrogen) atoms. The molecule has 2 aromatic carbocycles. The van der Waals surface area contributed by atoms with E-state index in [9.17, 15) is 17.2 Å². The van der Waals surface area contributed by atoms with Crippen molar-refractivity contribution in [2.75, 3.05) is 0 Å². The van der Waals surface area contributed by atoms with Crippen LogP contribution in [0.1, 0.15) is 0 Å². The van der Waals surface area contributed by atoms with Crippen molar-refractivity contribution in [3.8, 4) is 22.4 Å². The van der Waals surface area contributed by atoms with Gasteiger partial charge in [0, 0.05) is 17.3 Å². The lowest BCUT2D eigenvalue weighted by molar-refractivity contribution is 0.568. The second kappa shape index (κ2) is 6.10. The van der Waals surface area contributed by atoms with Crippen molar-refractivity contribution >= 4 is 10.0 Å². The molecule has 0 saturated carbocycles. The zero-order valence-electron chi connectivity index (χ0n) is 12.3. The number of benzene rings is 2. The summed E-state index contributed by atoms with van der Waals surface area (Å²) >= 11 is 0. The van der Waals surface area contributed by atoms with E-state index in [0.717, 1.165) is 12.1 Å². The second-order valence-corrected chi connectivity index (χ2v) is 6.63. The van der Waals surface area contributed by atoms with E-state index in [1.54, 1.807) is 24.3 Å². The molecule has 0 aliphatic rings. The van der Waals surface area contributed by atoms with E-state index in [2.05, 4.69) is 4.98 Å². The molecule has 2 N–H and O–H groups in total. The number of nitrogens with two attached hydrogens (primary N) is 1. The van der Waals surface area contributed by atoms with Gasteiger partial charge in [0.25, 0.3) is 0 Å². The number of hydrogen-bond donors (Lipinski definition) is 1. The minimum absolute atomic E-state index is 0.361. The molecule has 0 unspecified atom stereocenters. The molecule has 0 aliphatic heterocycles. The van der Waals surface area contributed by atoms with Crippen molar-refractivity contribution in [2.24, 2.45) is 5.14 Å². The van der Waals surface area contributed by atoms with Crippen LogP contribution in [0, 0.1) is 11.6 Å². The topological polar surface area (TPSA) is 73.1 Å². The largest absolute Gasteiger partial charge is 0.256 e. The first-order chi connectivity index (χ1) is 11.4. The first-order valence-electron chi connectivity index (χ1n) is 6.90. The lowest BCUT2D eigenvalue weighted by Gasteiger charge is -2.10. The van der Waals surface area contributed by atoms with Gasteiger partial charge in [-0.3, -0.25) is 4.98 Å². The molecule has 7 heteroatoms. The molecule has 122 valence electrons. The van der Waals surface area contributed by atoms with Crippen LogP contribution in [0.3, 0.4) is 0 Å². The van der Waals surface area contributed by atoms with Gasteiger partial charge >= 0.3 is 0 Å². The molecule has 0 radical (unpaired) electrons. The number of halogens is 2. The number of rotatable bonds is 3. The average Bonchev–Trinajstić information content (AvgIpc) is 2.53. The molecule has 0 spiro atoms. The third-order valence-corrected chi connectivity index (χ3v) is 4.40. The van der Waals surface area contributed by atoms with Gasteiger partial charge < -0.3 is 0 Å². The fraction of sp³-hybridized carbons (Fsp3) is 0. The Morgan fingerprint density at radius 3 is 2.38 bits per heavy atom. The van der Waals surface area contributed by atoms with Crippen LogP contribution in [-0.2, 0) is 10.0 Å². The Hall–Kier alpha value is -2.64. The molecular formula is C17H12F2N2O2S. The smallest absolute Gasteiger partial charge is 0.240 e. The highest BCUT2D eigenvalue weighted by Gasteiger charge is 2.17. The third kappa shape index (κ3) is 3.17. The predicted molar refractivity (Wildman–Crippen MR) is 86.4 cm³/mol. The highest BCUT2D eigenvalue weighted by atomic mass is 32.2. The molecule has 1 aromatic heterocycles. The van der Waals surface area contributed by atoms with Gasteiger partial charge in [-0.05, 0) is 35.9 Å². The molecule has 3 rings (SSSR count). The molecule has 0 bridgehead atoms. The number of pyridine rings is 1. The summed E-state index contributed by atoms with van der Waals surface area (Å²) in [6.45, 7) is 0. The van der Waals surface area contributed by atoms with Gasteiger partial charge in [0.2, 0.25) is 10.0 Å². The molecule has 1 heterocycles. The highest BCUT2D eigenvalue weighted by Crippen LogP contribution is 2.31. The van der Waals surface area contributed by atoms with Crippen molar-refractivity contribution in [3.63, 3.8) is 0 Å². The number of nitrogens with zero attached hydrogens (tertiary/aromatic N) is 1. The zero-order valence-corrected chi connectivity index (χ0v) is 13.1. The molecule has 0 amide bonds. The van der Waals surface area contributed by atoms with Crippen LogP contribution in [0.25, 0.3) is 22.4 Å². The van der Waals surface area contributed by atoms with E-state index in [1.165, 1.54) is 24.4 Å². The van der Waals surface area contributed by atoms with Gasteiger partial charge in [-0.15, -0.1) is 0 Å². The Labute approximate surface area is 137 Å². The third-order valence-electron chi connectivity index (χ3n) is 3.46. The maximum atomic E-state index is 14.1. The Kier molecular flexibility index (Phi) is 4.13. The van der Waals surface area contributed by atoms with Crippen molar-refractivity contribution in [1.29, 1.82) is 0 Å². The fourth-order valence-electron chi connectivity index (χ4n) is 2.40. The fourth-order valence-corrected chi connectivity index (χ4v) is 2.99. The van der Waals surface area contributed by atoms with Crippen LogP contribution in [0.5, 0.6) is 0 Å². The quantitative estimate of drug-likeness (QED) is 0.790.